The van der Waals surface area contributed by atoms with Crippen molar-refractivity contribution in [2.24, 2.45) is 5.92 Å². The van der Waals surface area contributed by atoms with E-state index in [1.54, 1.807) is 37.3 Å². The van der Waals surface area contributed by atoms with Crippen LogP contribution >= 0.6 is 0 Å². The summed E-state index contributed by atoms with van der Waals surface area (Å²) in [5.41, 5.74) is 1.85. The summed E-state index contributed by atoms with van der Waals surface area (Å²) >= 11 is 0. The molecule has 1 saturated heterocycles. The number of benzene rings is 2. The van der Waals surface area contributed by atoms with Gasteiger partial charge in [0.05, 0.1) is 12.4 Å². The van der Waals surface area contributed by atoms with Crippen LogP contribution in [-0.4, -0.2) is 39.3 Å². The third-order valence-electron chi connectivity index (χ3n) is 5.66. The summed E-state index contributed by atoms with van der Waals surface area (Å²) in [7, 11) is -3.65. The molecule has 1 heterocycles. The number of amides is 3. The highest BCUT2D eigenvalue weighted by Gasteiger charge is 2.28. The molecule has 2 aromatic carbocycles. The van der Waals surface area contributed by atoms with E-state index >= 15 is 0 Å². The Balaban J connectivity index is 1.36. The largest absolute Gasteiger partial charge is 0.490 e. The fourth-order valence-electron chi connectivity index (χ4n) is 3.57. The van der Waals surface area contributed by atoms with E-state index in [0.717, 1.165) is 18.4 Å². The lowest BCUT2D eigenvalue weighted by molar-refractivity contribution is -0.117. The van der Waals surface area contributed by atoms with Gasteiger partial charge in [0.25, 0.3) is 0 Å². The average molecular weight is 476 g/mol. The van der Waals surface area contributed by atoms with Crippen LogP contribution in [0, 0.1) is 11.7 Å². The van der Waals surface area contributed by atoms with Crippen molar-refractivity contribution in [2.75, 3.05) is 23.8 Å². The zero-order valence-corrected chi connectivity index (χ0v) is 19.0. The molecule has 0 bridgehead atoms. The number of hydrogen-bond donors (Lipinski definition) is 2. The highest BCUT2D eigenvalue weighted by molar-refractivity contribution is 7.89. The first-order valence-corrected chi connectivity index (χ1v) is 12.5. The topological polar surface area (TPSA) is 105 Å². The maximum absolute atomic E-state index is 14.0. The Morgan fingerprint density at radius 1 is 1.21 bits per heavy atom. The van der Waals surface area contributed by atoms with Gasteiger partial charge in [-0.05, 0) is 67.5 Å². The van der Waals surface area contributed by atoms with Crippen LogP contribution in [0.2, 0.25) is 0 Å². The van der Waals surface area contributed by atoms with E-state index in [2.05, 4.69) is 10.0 Å². The van der Waals surface area contributed by atoms with Crippen LogP contribution in [-0.2, 0) is 21.2 Å². The SMILES string of the molecule is CC(NS(=O)(=O)CCc1cccc(N2CC(=O)NC2=O)c1)c1ccc(F)c(OCC2CC2)c1. The first-order valence-electron chi connectivity index (χ1n) is 10.8. The number of urea groups is 1. The van der Waals surface area contributed by atoms with Crippen molar-refractivity contribution in [3.05, 3.63) is 59.4 Å². The highest BCUT2D eigenvalue weighted by atomic mass is 32.2. The maximum Gasteiger partial charge on any atom is 0.329 e. The number of hydrogen-bond acceptors (Lipinski definition) is 5. The zero-order chi connectivity index (χ0) is 23.6. The van der Waals surface area contributed by atoms with Crippen LogP contribution in [0.5, 0.6) is 5.75 Å². The number of anilines is 1. The highest BCUT2D eigenvalue weighted by Crippen LogP contribution is 2.31. The minimum Gasteiger partial charge on any atom is -0.490 e. The molecule has 3 amide bonds. The van der Waals surface area contributed by atoms with E-state index < -0.39 is 27.9 Å². The molecule has 33 heavy (non-hydrogen) atoms. The van der Waals surface area contributed by atoms with Crippen molar-refractivity contribution in [1.29, 1.82) is 0 Å². The lowest BCUT2D eigenvalue weighted by Gasteiger charge is -2.17. The number of carbonyl (C=O) groups excluding carboxylic acids is 2. The molecule has 2 fully saturated rings. The van der Waals surface area contributed by atoms with Crippen LogP contribution < -0.4 is 19.7 Å². The van der Waals surface area contributed by atoms with Crippen LogP contribution in [0.3, 0.4) is 0 Å². The van der Waals surface area contributed by atoms with Crippen molar-refractivity contribution in [3.63, 3.8) is 0 Å². The van der Waals surface area contributed by atoms with E-state index in [0.29, 0.717) is 23.8 Å². The van der Waals surface area contributed by atoms with Gasteiger partial charge in [-0.25, -0.2) is 22.3 Å². The predicted molar refractivity (Wildman–Crippen MR) is 121 cm³/mol. The van der Waals surface area contributed by atoms with Crippen molar-refractivity contribution in [1.82, 2.24) is 10.0 Å². The minimum absolute atomic E-state index is 0.0658. The Hall–Kier alpha value is -2.98. The van der Waals surface area contributed by atoms with E-state index in [4.69, 9.17) is 4.74 Å². The molecule has 0 radical (unpaired) electrons. The summed E-state index contributed by atoms with van der Waals surface area (Å²) < 4.78 is 47.5. The van der Waals surface area contributed by atoms with Gasteiger partial charge >= 0.3 is 6.03 Å². The van der Waals surface area contributed by atoms with Gasteiger partial charge in [0.2, 0.25) is 15.9 Å². The number of carbonyl (C=O) groups is 2. The quantitative estimate of drug-likeness (QED) is 0.514. The van der Waals surface area contributed by atoms with Gasteiger partial charge in [-0.2, -0.15) is 0 Å². The summed E-state index contributed by atoms with van der Waals surface area (Å²) in [6.07, 6.45) is 2.39. The number of nitrogens with one attached hydrogen (secondary N) is 2. The Morgan fingerprint density at radius 3 is 2.70 bits per heavy atom. The number of rotatable bonds is 10. The van der Waals surface area contributed by atoms with Gasteiger partial charge < -0.3 is 4.74 Å². The number of halogens is 1. The normalized spacial score (nSPS) is 17.2. The fourth-order valence-corrected chi connectivity index (χ4v) is 4.87. The second-order valence-corrected chi connectivity index (χ2v) is 10.3. The average Bonchev–Trinajstić information content (AvgIpc) is 3.53. The number of nitrogens with zero attached hydrogens (tertiary/aromatic N) is 1. The van der Waals surface area contributed by atoms with Gasteiger partial charge in [-0.1, -0.05) is 18.2 Å². The van der Waals surface area contributed by atoms with Gasteiger partial charge in [-0.15, -0.1) is 0 Å². The summed E-state index contributed by atoms with van der Waals surface area (Å²) in [4.78, 5) is 24.6. The smallest absolute Gasteiger partial charge is 0.329 e. The van der Waals surface area contributed by atoms with Crippen molar-refractivity contribution in [3.8, 4) is 5.75 Å². The number of sulfonamides is 1. The van der Waals surface area contributed by atoms with Crippen molar-refractivity contribution in [2.45, 2.75) is 32.2 Å². The van der Waals surface area contributed by atoms with Gasteiger partial charge in [0.15, 0.2) is 11.6 Å². The molecule has 8 nitrogen and oxygen atoms in total. The predicted octanol–water partition coefficient (Wildman–Crippen LogP) is 2.89. The standard InChI is InChI=1S/C23H26FN3O5S/c1-15(18-7-8-20(24)21(12-18)32-14-17-5-6-17)26-33(30,31)10-9-16-3-2-4-19(11-16)27-13-22(28)25-23(27)29/h2-4,7-8,11-12,15,17,26H,5-6,9-10,13-14H2,1H3,(H,25,28,29). The Bertz CT molecular complexity index is 1170. The van der Waals surface area contributed by atoms with E-state index in [1.807, 2.05) is 0 Å². The summed E-state index contributed by atoms with van der Waals surface area (Å²) in [6, 6.07) is 10.2. The molecular weight excluding hydrogens is 449 g/mol. The molecule has 2 aliphatic rings. The first kappa shape index (κ1) is 23.2. The van der Waals surface area contributed by atoms with Gasteiger partial charge in [-0.3, -0.25) is 15.0 Å². The molecule has 1 atom stereocenters. The molecule has 1 aliphatic carbocycles. The van der Waals surface area contributed by atoms with Gasteiger partial charge in [0, 0.05) is 11.7 Å². The monoisotopic (exact) mass is 475 g/mol. The van der Waals surface area contributed by atoms with Crippen LogP contribution in [0.15, 0.2) is 42.5 Å². The molecule has 4 rings (SSSR count). The third kappa shape index (κ3) is 6.08. The Morgan fingerprint density at radius 2 is 2.00 bits per heavy atom. The van der Waals surface area contributed by atoms with Crippen LogP contribution in [0.25, 0.3) is 0 Å². The second kappa shape index (κ2) is 9.48. The number of imide groups is 1. The molecule has 0 spiro atoms. The first-order chi connectivity index (χ1) is 15.7. The third-order valence-corrected chi connectivity index (χ3v) is 7.11. The summed E-state index contributed by atoms with van der Waals surface area (Å²) in [6.45, 7) is 2.09. The maximum atomic E-state index is 14.0. The van der Waals surface area contributed by atoms with E-state index in [-0.39, 0.29) is 30.4 Å². The molecule has 2 aromatic rings. The zero-order valence-electron chi connectivity index (χ0n) is 18.2. The van der Waals surface area contributed by atoms with Crippen molar-refractivity contribution < 1.29 is 27.1 Å². The minimum atomic E-state index is -3.65. The van der Waals surface area contributed by atoms with Crippen molar-refractivity contribution >= 4 is 27.6 Å². The lowest BCUT2D eigenvalue weighted by atomic mass is 10.1. The Labute approximate surface area is 192 Å². The van der Waals surface area contributed by atoms with Crippen LogP contribution in [0.1, 0.15) is 36.9 Å². The molecule has 1 aliphatic heterocycles. The molecule has 10 heteroatoms. The molecular formula is C23H26FN3O5S. The van der Waals surface area contributed by atoms with E-state index in [1.165, 1.54) is 17.0 Å². The second-order valence-electron chi connectivity index (χ2n) is 8.46. The van der Waals surface area contributed by atoms with Gasteiger partial charge in [0.1, 0.15) is 6.54 Å². The number of ether oxygens (including phenoxy) is 1. The lowest BCUT2D eigenvalue weighted by Crippen LogP contribution is -2.30. The number of aryl methyl sites for hydroxylation is 1. The summed E-state index contributed by atoms with van der Waals surface area (Å²) in [5, 5.41) is 2.21. The fraction of sp³-hybridized carbons (Fsp3) is 0.391. The molecule has 2 N–H and O–H groups in total. The molecule has 1 saturated carbocycles. The van der Waals surface area contributed by atoms with E-state index in [9.17, 15) is 22.4 Å². The Kier molecular flexibility index (Phi) is 6.66. The molecule has 0 aromatic heterocycles. The molecule has 1 unspecified atom stereocenters. The van der Waals surface area contributed by atoms with Crippen LogP contribution in [0.4, 0.5) is 14.9 Å². The molecule has 176 valence electrons. The summed E-state index contributed by atoms with van der Waals surface area (Å²) in [5.74, 6) is -0.414.